The predicted molar refractivity (Wildman–Crippen MR) is 118 cm³/mol. The topological polar surface area (TPSA) is 137 Å². The Kier molecular flexibility index (Phi) is 8.02. The lowest BCUT2D eigenvalue weighted by Gasteiger charge is -2.36. The summed E-state index contributed by atoms with van der Waals surface area (Å²) in [5, 5.41) is 13.4. The molecule has 188 valence electrons. The maximum Gasteiger partial charge on any atom is 0.490 e. The molecule has 3 aromatic rings. The van der Waals surface area contributed by atoms with E-state index in [2.05, 4.69) is 15.6 Å². The van der Waals surface area contributed by atoms with Gasteiger partial charge < -0.3 is 29.8 Å². The Morgan fingerprint density at radius 3 is 2.69 bits per heavy atom. The van der Waals surface area contributed by atoms with Gasteiger partial charge in [0.1, 0.15) is 5.75 Å². The number of benzene rings is 2. The molecule has 2 heterocycles. The molecule has 35 heavy (non-hydrogen) atoms. The SMILES string of the molecule is COc1cccc(C2CNCCN2C(=O)NCc2ccc3[nH]c(=O)oc3c2)c1.O=C(O)C(F)(F)F. The zero-order chi connectivity index (χ0) is 25.6. The summed E-state index contributed by atoms with van der Waals surface area (Å²) in [5.74, 6) is -2.48. The van der Waals surface area contributed by atoms with Gasteiger partial charge in [-0.3, -0.25) is 4.98 Å². The molecule has 0 radical (unpaired) electrons. The third-order valence-corrected chi connectivity index (χ3v) is 5.15. The van der Waals surface area contributed by atoms with Crippen molar-refractivity contribution in [3.63, 3.8) is 0 Å². The van der Waals surface area contributed by atoms with E-state index >= 15 is 0 Å². The van der Waals surface area contributed by atoms with Crippen LogP contribution in [0.3, 0.4) is 0 Å². The summed E-state index contributed by atoms with van der Waals surface area (Å²) in [4.78, 5) is 37.5. The number of carbonyl (C=O) groups is 2. The van der Waals surface area contributed by atoms with Crippen molar-refractivity contribution in [2.75, 3.05) is 26.7 Å². The lowest BCUT2D eigenvalue weighted by Crippen LogP contribution is -2.51. The third kappa shape index (κ3) is 6.76. The number of amides is 2. The van der Waals surface area contributed by atoms with Crippen molar-refractivity contribution < 1.29 is 37.0 Å². The quantitative estimate of drug-likeness (QED) is 0.436. The highest BCUT2D eigenvalue weighted by molar-refractivity contribution is 5.76. The maximum absolute atomic E-state index is 12.9. The number of nitrogens with zero attached hydrogens (tertiary/aromatic N) is 1. The molecule has 4 N–H and O–H groups in total. The Morgan fingerprint density at radius 2 is 2.00 bits per heavy atom. The van der Waals surface area contributed by atoms with Crippen LogP contribution in [0.2, 0.25) is 0 Å². The van der Waals surface area contributed by atoms with Crippen molar-refractivity contribution in [2.45, 2.75) is 18.8 Å². The van der Waals surface area contributed by atoms with Gasteiger partial charge >= 0.3 is 23.9 Å². The summed E-state index contributed by atoms with van der Waals surface area (Å²) >= 11 is 0. The van der Waals surface area contributed by atoms with Crippen molar-refractivity contribution in [1.29, 1.82) is 0 Å². The van der Waals surface area contributed by atoms with E-state index in [0.717, 1.165) is 23.4 Å². The fourth-order valence-corrected chi connectivity index (χ4v) is 3.47. The second-order valence-corrected chi connectivity index (χ2v) is 7.50. The molecule has 2 aromatic carbocycles. The number of hydrogen-bond donors (Lipinski definition) is 4. The van der Waals surface area contributed by atoms with E-state index in [9.17, 15) is 22.8 Å². The fourth-order valence-electron chi connectivity index (χ4n) is 3.47. The first-order valence-corrected chi connectivity index (χ1v) is 10.4. The van der Waals surface area contributed by atoms with Crippen molar-refractivity contribution >= 4 is 23.1 Å². The van der Waals surface area contributed by atoms with Crippen LogP contribution in [0, 0.1) is 0 Å². The number of carbonyl (C=O) groups excluding carboxylic acids is 1. The van der Waals surface area contributed by atoms with Gasteiger partial charge in [0.2, 0.25) is 0 Å². The van der Waals surface area contributed by atoms with Crippen LogP contribution in [-0.4, -0.2) is 59.9 Å². The zero-order valence-corrected chi connectivity index (χ0v) is 18.5. The largest absolute Gasteiger partial charge is 0.497 e. The second-order valence-electron chi connectivity index (χ2n) is 7.50. The number of piperazine rings is 1. The van der Waals surface area contributed by atoms with Crippen LogP contribution in [0.15, 0.2) is 51.7 Å². The summed E-state index contributed by atoms with van der Waals surface area (Å²) in [6, 6.07) is 12.9. The molecule has 1 fully saturated rings. The molecular formula is C22H23F3N4O6. The highest BCUT2D eigenvalue weighted by atomic mass is 19.4. The Morgan fingerprint density at radius 1 is 1.26 bits per heavy atom. The smallest absolute Gasteiger partial charge is 0.490 e. The van der Waals surface area contributed by atoms with Crippen LogP contribution in [-0.2, 0) is 11.3 Å². The van der Waals surface area contributed by atoms with Crippen LogP contribution >= 0.6 is 0 Å². The fraction of sp³-hybridized carbons (Fsp3) is 0.318. The summed E-state index contributed by atoms with van der Waals surface area (Å²) in [6.07, 6.45) is -5.08. The Hall–Kier alpha value is -4.00. The van der Waals surface area contributed by atoms with Gasteiger partial charge in [-0.25, -0.2) is 14.4 Å². The molecule has 1 aliphatic heterocycles. The minimum atomic E-state index is -5.08. The highest BCUT2D eigenvalue weighted by Gasteiger charge is 2.38. The number of carboxylic acids is 1. The van der Waals surface area contributed by atoms with E-state index in [1.807, 2.05) is 35.2 Å². The summed E-state index contributed by atoms with van der Waals surface area (Å²) in [5.41, 5.74) is 3.00. The molecule has 2 amide bonds. The van der Waals surface area contributed by atoms with Crippen LogP contribution in [0.25, 0.3) is 11.1 Å². The number of alkyl halides is 3. The second kappa shape index (κ2) is 11.0. The van der Waals surface area contributed by atoms with E-state index in [1.165, 1.54) is 0 Å². The minimum absolute atomic E-state index is 0.0750. The first-order chi connectivity index (χ1) is 16.6. The molecule has 1 atom stereocenters. The minimum Gasteiger partial charge on any atom is -0.497 e. The predicted octanol–water partition coefficient (Wildman–Crippen LogP) is 2.62. The average molecular weight is 496 g/mol. The van der Waals surface area contributed by atoms with Crippen molar-refractivity contribution in [2.24, 2.45) is 0 Å². The molecule has 0 aliphatic carbocycles. The molecule has 0 bridgehead atoms. The van der Waals surface area contributed by atoms with E-state index in [1.54, 1.807) is 19.2 Å². The number of carboxylic acid groups (broad SMARTS) is 1. The molecule has 0 spiro atoms. The number of hydrogen-bond acceptors (Lipinski definition) is 6. The van der Waals surface area contributed by atoms with E-state index in [-0.39, 0.29) is 12.1 Å². The number of methoxy groups -OCH3 is 1. The first kappa shape index (κ1) is 25.6. The number of oxazole rings is 1. The molecule has 10 nitrogen and oxygen atoms in total. The Balaban J connectivity index is 0.000000429. The molecule has 1 aliphatic rings. The lowest BCUT2D eigenvalue weighted by atomic mass is 10.0. The number of rotatable bonds is 4. The molecule has 1 saturated heterocycles. The Labute approximate surface area is 196 Å². The lowest BCUT2D eigenvalue weighted by molar-refractivity contribution is -0.192. The summed E-state index contributed by atoms with van der Waals surface area (Å²) in [6.45, 7) is 2.38. The number of nitrogens with one attached hydrogen (secondary N) is 3. The monoisotopic (exact) mass is 496 g/mol. The first-order valence-electron chi connectivity index (χ1n) is 10.4. The molecule has 1 unspecified atom stereocenters. The Bertz CT molecular complexity index is 1240. The van der Waals surface area contributed by atoms with Crippen molar-refractivity contribution in [1.82, 2.24) is 20.5 Å². The standard InChI is InChI=1S/C20H22N4O4.C2HF3O2/c1-27-15-4-2-3-14(10-15)17-12-21-7-8-24(17)19(25)22-11-13-5-6-16-18(9-13)28-20(26)23-16;3-2(4,5)1(6)7/h2-6,9-10,17,21H,7-8,11-12H2,1H3,(H,22,25)(H,23,26);(H,6,7). The van der Waals surface area contributed by atoms with Gasteiger partial charge in [0.25, 0.3) is 0 Å². The van der Waals surface area contributed by atoms with Gasteiger partial charge in [0.05, 0.1) is 18.7 Å². The van der Waals surface area contributed by atoms with Crippen LogP contribution < -0.4 is 21.1 Å². The molecular weight excluding hydrogens is 473 g/mol. The number of aromatic nitrogens is 1. The highest BCUT2D eigenvalue weighted by Crippen LogP contribution is 2.25. The number of fused-ring (bicyclic) bond motifs is 1. The number of aromatic amines is 1. The molecule has 0 saturated carbocycles. The third-order valence-electron chi connectivity index (χ3n) is 5.15. The number of aliphatic carboxylic acids is 1. The zero-order valence-electron chi connectivity index (χ0n) is 18.5. The summed E-state index contributed by atoms with van der Waals surface area (Å²) < 4.78 is 42.1. The number of ether oxygens (including phenoxy) is 1. The van der Waals surface area contributed by atoms with E-state index in [4.69, 9.17) is 19.1 Å². The van der Waals surface area contributed by atoms with E-state index in [0.29, 0.717) is 30.7 Å². The van der Waals surface area contributed by atoms with Crippen LogP contribution in [0.4, 0.5) is 18.0 Å². The molecule has 13 heteroatoms. The maximum atomic E-state index is 12.9. The number of halogens is 3. The van der Waals surface area contributed by atoms with Gasteiger partial charge in [0.15, 0.2) is 5.58 Å². The van der Waals surface area contributed by atoms with Gasteiger partial charge in [-0.2, -0.15) is 13.2 Å². The van der Waals surface area contributed by atoms with Crippen molar-refractivity contribution in [3.8, 4) is 5.75 Å². The van der Waals surface area contributed by atoms with Gasteiger partial charge in [-0.1, -0.05) is 18.2 Å². The average Bonchev–Trinajstić information content (AvgIpc) is 3.21. The van der Waals surface area contributed by atoms with Gasteiger partial charge in [0, 0.05) is 26.2 Å². The van der Waals surface area contributed by atoms with Crippen LogP contribution in [0.5, 0.6) is 5.75 Å². The van der Waals surface area contributed by atoms with Crippen LogP contribution in [0.1, 0.15) is 17.2 Å². The molecule has 4 rings (SSSR count). The van der Waals surface area contributed by atoms with Gasteiger partial charge in [-0.05, 0) is 35.4 Å². The molecule has 1 aromatic heterocycles. The van der Waals surface area contributed by atoms with Crippen molar-refractivity contribution in [3.05, 3.63) is 64.1 Å². The van der Waals surface area contributed by atoms with E-state index < -0.39 is 17.9 Å². The number of urea groups is 1. The number of H-pyrrole nitrogens is 1. The normalized spacial score (nSPS) is 15.8. The van der Waals surface area contributed by atoms with Gasteiger partial charge in [-0.15, -0.1) is 0 Å². The summed E-state index contributed by atoms with van der Waals surface area (Å²) in [7, 11) is 1.63.